The van der Waals surface area contributed by atoms with Crippen LogP contribution in [0.15, 0.2) is 48.5 Å². The molecule has 1 saturated heterocycles. The maximum absolute atomic E-state index is 12.7. The molecule has 0 saturated carbocycles. The quantitative estimate of drug-likeness (QED) is 0.501. The number of hydrogen-bond acceptors (Lipinski definition) is 4. The lowest BCUT2D eigenvalue weighted by molar-refractivity contribution is -0.180. The number of hydroxylamine groups is 2. The Kier molecular flexibility index (Phi) is 6.30. The molecule has 5 heteroatoms. The summed E-state index contributed by atoms with van der Waals surface area (Å²) in [5.74, 6) is -0.194. The molecule has 0 unspecified atom stereocenters. The van der Waals surface area contributed by atoms with Gasteiger partial charge in [-0.2, -0.15) is 0 Å². The molecular formula is C24H33N3O2. The minimum absolute atomic E-state index is 0.138. The van der Waals surface area contributed by atoms with Gasteiger partial charge < -0.3 is 10.6 Å². The number of carbonyl (C=O) groups is 1. The number of amides is 1. The van der Waals surface area contributed by atoms with E-state index in [2.05, 4.69) is 55.7 Å². The molecule has 3 N–H and O–H groups in total. The van der Waals surface area contributed by atoms with Gasteiger partial charge in [-0.25, -0.2) is 5.06 Å². The van der Waals surface area contributed by atoms with Gasteiger partial charge in [0, 0.05) is 11.4 Å². The minimum Gasteiger partial charge on any atom is -0.356 e. The lowest BCUT2D eigenvalue weighted by atomic mass is 9.80. The summed E-state index contributed by atoms with van der Waals surface area (Å²) in [6.45, 7) is 10.4. The smallest absolute Gasteiger partial charge is 0.252 e. The number of hydrogen-bond donors (Lipinski definition) is 3. The van der Waals surface area contributed by atoms with Crippen molar-refractivity contribution in [3.8, 4) is 0 Å². The number of carbonyl (C=O) groups excluding carboxylic acids is 1. The molecule has 29 heavy (non-hydrogen) atoms. The topological polar surface area (TPSA) is 64.6 Å². The molecule has 3 rings (SSSR count). The van der Waals surface area contributed by atoms with Gasteiger partial charge >= 0.3 is 0 Å². The predicted octanol–water partition coefficient (Wildman–Crippen LogP) is 4.84. The van der Waals surface area contributed by atoms with E-state index >= 15 is 0 Å². The molecule has 0 radical (unpaired) electrons. The summed E-state index contributed by atoms with van der Waals surface area (Å²) in [7, 11) is 0. The molecule has 0 aliphatic carbocycles. The van der Waals surface area contributed by atoms with Gasteiger partial charge in [-0.3, -0.25) is 10.0 Å². The van der Waals surface area contributed by atoms with E-state index in [1.807, 2.05) is 31.2 Å². The Balaban J connectivity index is 1.59. The van der Waals surface area contributed by atoms with Crippen molar-refractivity contribution in [3.05, 3.63) is 59.7 Å². The van der Waals surface area contributed by atoms with Gasteiger partial charge in [-0.1, -0.05) is 52.0 Å². The fourth-order valence-corrected chi connectivity index (χ4v) is 3.66. The van der Waals surface area contributed by atoms with Gasteiger partial charge in [0.25, 0.3) is 5.91 Å². The van der Waals surface area contributed by atoms with Crippen LogP contribution in [0.2, 0.25) is 0 Å². The highest BCUT2D eigenvalue weighted by molar-refractivity contribution is 5.81. The molecule has 0 atom stereocenters. The van der Waals surface area contributed by atoms with Crippen LogP contribution in [0.5, 0.6) is 0 Å². The average Bonchev–Trinajstić information content (AvgIpc) is 2.69. The van der Waals surface area contributed by atoms with Crippen LogP contribution in [0.1, 0.15) is 51.7 Å². The summed E-state index contributed by atoms with van der Waals surface area (Å²) in [5.41, 5.74) is 3.85. The van der Waals surface area contributed by atoms with Crippen LogP contribution in [-0.4, -0.2) is 29.3 Å². The molecule has 2 aromatic rings. The fraction of sp³-hybridized carbons (Fsp3) is 0.458. The average molecular weight is 396 g/mol. The Hall–Kier alpha value is -2.37. The standard InChI is InChI=1S/C24H33N3O2/c1-23(2,3)19-7-11-21(12-8-19)26-20-9-5-18(6-10-20)17-27(29)22(28)24(4)13-15-25-16-14-24/h5-12,25-26,29H,13-17H2,1-4H3. The third-order valence-corrected chi connectivity index (χ3v) is 5.78. The first kappa shape index (κ1) is 21.3. The zero-order valence-electron chi connectivity index (χ0n) is 18.0. The minimum atomic E-state index is -0.485. The molecule has 1 amide bonds. The first-order chi connectivity index (χ1) is 13.7. The molecule has 5 nitrogen and oxygen atoms in total. The molecule has 1 heterocycles. The van der Waals surface area contributed by atoms with Gasteiger partial charge in [-0.15, -0.1) is 0 Å². The Morgan fingerprint density at radius 2 is 1.55 bits per heavy atom. The number of piperidine rings is 1. The SMILES string of the molecule is CC1(C(=O)N(O)Cc2ccc(Nc3ccc(C(C)(C)C)cc3)cc2)CCNCC1. The zero-order valence-corrected chi connectivity index (χ0v) is 18.0. The van der Waals surface area contributed by atoms with Crippen LogP contribution in [-0.2, 0) is 16.8 Å². The zero-order chi connectivity index (χ0) is 21.1. The van der Waals surface area contributed by atoms with Crippen molar-refractivity contribution in [2.24, 2.45) is 5.41 Å². The molecule has 1 fully saturated rings. The monoisotopic (exact) mass is 395 g/mol. The number of nitrogens with one attached hydrogen (secondary N) is 2. The summed E-state index contributed by atoms with van der Waals surface area (Å²) in [6.07, 6.45) is 1.50. The van der Waals surface area contributed by atoms with E-state index in [4.69, 9.17) is 0 Å². The summed E-state index contributed by atoms with van der Waals surface area (Å²) < 4.78 is 0. The van der Waals surface area contributed by atoms with Crippen LogP contribution >= 0.6 is 0 Å². The van der Waals surface area contributed by atoms with Gasteiger partial charge in [0.15, 0.2) is 0 Å². The van der Waals surface area contributed by atoms with E-state index in [0.717, 1.165) is 47.9 Å². The summed E-state index contributed by atoms with van der Waals surface area (Å²) >= 11 is 0. The number of nitrogens with zero attached hydrogens (tertiary/aromatic N) is 1. The third-order valence-electron chi connectivity index (χ3n) is 5.78. The lowest BCUT2D eigenvalue weighted by Gasteiger charge is -2.34. The van der Waals surface area contributed by atoms with Crippen molar-refractivity contribution in [1.29, 1.82) is 0 Å². The number of rotatable bonds is 5. The van der Waals surface area contributed by atoms with Crippen molar-refractivity contribution in [2.75, 3.05) is 18.4 Å². The normalized spacial score (nSPS) is 16.3. The number of anilines is 2. The lowest BCUT2D eigenvalue weighted by Crippen LogP contribution is -2.46. The van der Waals surface area contributed by atoms with Crippen molar-refractivity contribution in [3.63, 3.8) is 0 Å². The molecule has 0 spiro atoms. The molecule has 1 aliphatic heterocycles. The van der Waals surface area contributed by atoms with Crippen molar-refractivity contribution >= 4 is 17.3 Å². The van der Waals surface area contributed by atoms with Gasteiger partial charge in [0.2, 0.25) is 0 Å². The predicted molar refractivity (Wildman–Crippen MR) is 117 cm³/mol. The maximum Gasteiger partial charge on any atom is 0.252 e. The van der Waals surface area contributed by atoms with E-state index in [-0.39, 0.29) is 17.9 Å². The number of benzene rings is 2. The molecule has 2 aromatic carbocycles. The van der Waals surface area contributed by atoms with Crippen LogP contribution in [0.3, 0.4) is 0 Å². The Bertz CT molecular complexity index is 817. The maximum atomic E-state index is 12.7. The van der Waals surface area contributed by atoms with E-state index in [9.17, 15) is 10.0 Å². The second-order valence-corrected chi connectivity index (χ2v) is 9.32. The van der Waals surface area contributed by atoms with Crippen LogP contribution in [0, 0.1) is 5.41 Å². The largest absolute Gasteiger partial charge is 0.356 e. The first-order valence-corrected chi connectivity index (χ1v) is 10.4. The highest BCUT2D eigenvalue weighted by Gasteiger charge is 2.37. The summed E-state index contributed by atoms with van der Waals surface area (Å²) in [4.78, 5) is 12.7. The van der Waals surface area contributed by atoms with E-state index in [0.29, 0.717) is 0 Å². The second kappa shape index (κ2) is 8.56. The highest BCUT2D eigenvalue weighted by Crippen LogP contribution is 2.30. The Labute approximate surface area is 174 Å². The van der Waals surface area contributed by atoms with E-state index in [1.165, 1.54) is 5.56 Å². The summed E-state index contributed by atoms with van der Waals surface area (Å²) in [6, 6.07) is 16.3. The molecule has 0 bridgehead atoms. The van der Waals surface area contributed by atoms with Crippen molar-refractivity contribution in [2.45, 2.75) is 52.5 Å². The van der Waals surface area contributed by atoms with E-state index < -0.39 is 5.41 Å². The molecule has 156 valence electrons. The van der Waals surface area contributed by atoms with Gasteiger partial charge in [-0.05, 0) is 66.7 Å². The van der Waals surface area contributed by atoms with Crippen molar-refractivity contribution in [1.82, 2.24) is 10.4 Å². The van der Waals surface area contributed by atoms with E-state index in [1.54, 1.807) is 0 Å². The molecular weight excluding hydrogens is 362 g/mol. The Morgan fingerprint density at radius 3 is 2.07 bits per heavy atom. The highest BCUT2D eigenvalue weighted by atomic mass is 16.5. The van der Waals surface area contributed by atoms with Gasteiger partial charge in [0.05, 0.1) is 12.0 Å². The Morgan fingerprint density at radius 1 is 1.03 bits per heavy atom. The fourth-order valence-electron chi connectivity index (χ4n) is 3.66. The summed E-state index contributed by atoms with van der Waals surface area (Å²) in [5, 5.41) is 17.9. The van der Waals surface area contributed by atoms with Gasteiger partial charge in [0.1, 0.15) is 0 Å². The second-order valence-electron chi connectivity index (χ2n) is 9.32. The van der Waals surface area contributed by atoms with Crippen LogP contribution < -0.4 is 10.6 Å². The van der Waals surface area contributed by atoms with Crippen molar-refractivity contribution < 1.29 is 10.0 Å². The molecule has 1 aliphatic rings. The van der Waals surface area contributed by atoms with Crippen LogP contribution in [0.25, 0.3) is 0 Å². The first-order valence-electron chi connectivity index (χ1n) is 10.4. The van der Waals surface area contributed by atoms with Crippen LogP contribution in [0.4, 0.5) is 11.4 Å². The third kappa shape index (κ3) is 5.37. The molecule has 0 aromatic heterocycles.